The van der Waals surface area contributed by atoms with Crippen molar-refractivity contribution in [2.24, 2.45) is 0 Å². The molecular weight excluding hydrogens is 433 g/mol. The van der Waals surface area contributed by atoms with Crippen LogP contribution in [0.15, 0.2) is 66.7 Å². The molecule has 3 aromatic carbocycles. The number of amides is 1. The SMILES string of the molecule is COCCNC(=O)c1cccc(-c2cccc3sc(Cc4cc(F)cc(Cl)c4)cc23)c1. The molecule has 0 saturated heterocycles. The Morgan fingerprint density at radius 2 is 1.94 bits per heavy atom. The van der Waals surface area contributed by atoms with E-state index in [0.717, 1.165) is 31.7 Å². The molecule has 1 heterocycles. The summed E-state index contributed by atoms with van der Waals surface area (Å²) < 4.78 is 19.8. The van der Waals surface area contributed by atoms with Crippen molar-refractivity contribution in [3.63, 3.8) is 0 Å². The number of hydrogen-bond donors (Lipinski definition) is 1. The zero-order chi connectivity index (χ0) is 21.8. The minimum atomic E-state index is -0.329. The van der Waals surface area contributed by atoms with E-state index in [1.54, 1.807) is 30.6 Å². The summed E-state index contributed by atoms with van der Waals surface area (Å²) in [7, 11) is 1.60. The van der Waals surface area contributed by atoms with Crippen LogP contribution in [0.2, 0.25) is 5.02 Å². The summed E-state index contributed by atoms with van der Waals surface area (Å²) in [6.07, 6.45) is 0.609. The highest BCUT2D eigenvalue weighted by atomic mass is 35.5. The molecule has 0 bridgehead atoms. The van der Waals surface area contributed by atoms with E-state index in [0.29, 0.717) is 30.2 Å². The lowest BCUT2D eigenvalue weighted by Crippen LogP contribution is -2.26. The second-order valence-corrected chi connectivity index (χ2v) is 8.82. The van der Waals surface area contributed by atoms with Crippen LogP contribution in [0.1, 0.15) is 20.8 Å². The van der Waals surface area contributed by atoms with Gasteiger partial charge in [-0.1, -0.05) is 35.9 Å². The fourth-order valence-corrected chi connectivity index (χ4v) is 4.93. The first-order valence-corrected chi connectivity index (χ1v) is 11.1. The number of fused-ring (bicyclic) bond motifs is 1. The first-order valence-electron chi connectivity index (χ1n) is 9.87. The largest absolute Gasteiger partial charge is 0.383 e. The molecule has 0 spiro atoms. The summed E-state index contributed by atoms with van der Waals surface area (Å²) in [4.78, 5) is 13.5. The minimum Gasteiger partial charge on any atom is -0.383 e. The van der Waals surface area contributed by atoms with E-state index < -0.39 is 0 Å². The van der Waals surface area contributed by atoms with E-state index in [9.17, 15) is 9.18 Å². The topological polar surface area (TPSA) is 38.3 Å². The monoisotopic (exact) mass is 453 g/mol. The fourth-order valence-electron chi connectivity index (χ4n) is 3.56. The fraction of sp³-hybridized carbons (Fsp3) is 0.160. The van der Waals surface area contributed by atoms with E-state index in [4.69, 9.17) is 16.3 Å². The molecule has 31 heavy (non-hydrogen) atoms. The summed E-state index contributed by atoms with van der Waals surface area (Å²) in [5.41, 5.74) is 3.48. The Labute approximate surface area is 189 Å². The van der Waals surface area contributed by atoms with Gasteiger partial charge >= 0.3 is 0 Å². The van der Waals surface area contributed by atoms with E-state index in [1.165, 1.54) is 12.1 Å². The molecule has 0 radical (unpaired) electrons. The number of halogens is 2. The van der Waals surface area contributed by atoms with Gasteiger partial charge in [0.15, 0.2) is 0 Å². The molecule has 0 aliphatic rings. The summed E-state index contributed by atoms with van der Waals surface area (Å²) in [5, 5.41) is 4.37. The third kappa shape index (κ3) is 5.13. The van der Waals surface area contributed by atoms with E-state index in [2.05, 4.69) is 23.5 Å². The van der Waals surface area contributed by atoms with Crippen LogP contribution in [0.25, 0.3) is 21.2 Å². The number of carbonyl (C=O) groups is 1. The van der Waals surface area contributed by atoms with Crippen molar-refractivity contribution in [1.82, 2.24) is 5.32 Å². The Kier molecular flexibility index (Phi) is 6.66. The van der Waals surface area contributed by atoms with Gasteiger partial charge in [0, 0.05) is 45.6 Å². The number of carbonyl (C=O) groups excluding carboxylic acids is 1. The maximum Gasteiger partial charge on any atom is 0.251 e. The molecule has 6 heteroatoms. The average molecular weight is 454 g/mol. The van der Waals surface area contributed by atoms with E-state index in [1.807, 2.05) is 24.3 Å². The highest BCUT2D eigenvalue weighted by molar-refractivity contribution is 7.19. The van der Waals surface area contributed by atoms with Gasteiger partial charge in [-0.2, -0.15) is 0 Å². The Morgan fingerprint density at radius 1 is 1.10 bits per heavy atom. The first-order chi connectivity index (χ1) is 15.0. The van der Waals surface area contributed by atoms with Gasteiger partial charge in [-0.3, -0.25) is 4.79 Å². The molecule has 0 fully saturated rings. The number of ether oxygens (including phenoxy) is 1. The standard InChI is InChI=1S/C25H21ClFNO2S/c1-30-9-8-28-25(29)18-5-2-4-17(13-18)22-6-3-7-24-23(22)15-21(31-24)12-16-10-19(26)14-20(27)11-16/h2-7,10-11,13-15H,8-9,12H2,1H3,(H,28,29). The van der Waals surface area contributed by atoms with Crippen LogP contribution >= 0.6 is 22.9 Å². The highest BCUT2D eigenvalue weighted by Crippen LogP contribution is 2.35. The van der Waals surface area contributed by atoms with Crippen LogP contribution in [0.4, 0.5) is 4.39 Å². The predicted molar refractivity (Wildman–Crippen MR) is 126 cm³/mol. The lowest BCUT2D eigenvalue weighted by molar-refractivity contribution is 0.0937. The first kappa shape index (κ1) is 21.5. The maximum absolute atomic E-state index is 13.7. The van der Waals surface area contributed by atoms with Gasteiger partial charge in [-0.05, 0) is 59.2 Å². The molecular formula is C25H21ClFNO2S. The molecule has 158 valence electrons. The van der Waals surface area contributed by atoms with Gasteiger partial charge in [-0.15, -0.1) is 11.3 Å². The molecule has 0 saturated carbocycles. The van der Waals surface area contributed by atoms with Crippen LogP contribution in [-0.4, -0.2) is 26.2 Å². The maximum atomic E-state index is 13.7. The van der Waals surface area contributed by atoms with Gasteiger partial charge in [0.1, 0.15) is 5.82 Å². The van der Waals surface area contributed by atoms with Gasteiger partial charge in [0.05, 0.1) is 6.61 Å². The van der Waals surface area contributed by atoms with Crippen LogP contribution in [0, 0.1) is 5.82 Å². The number of thiophene rings is 1. The van der Waals surface area contributed by atoms with Gasteiger partial charge in [-0.25, -0.2) is 4.39 Å². The minimum absolute atomic E-state index is 0.125. The highest BCUT2D eigenvalue weighted by Gasteiger charge is 2.12. The van der Waals surface area contributed by atoms with Crippen LogP contribution < -0.4 is 5.32 Å². The van der Waals surface area contributed by atoms with Crippen LogP contribution in [0.3, 0.4) is 0 Å². The average Bonchev–Trinajstić information content (AvgIpc) is 3.15. The Bertz CT molecular complexity index is 1220. The van der Waals surface area contributed by atoms with Crippen molar-refractivity contribution >= 4 is 38.9 Å². The molecule has 4 aromatic rings. The van der Waals surface area contributed by atoms with Gasteiger partial charge < -0.3 is 10.1 Å². The van der Waals surface area contributed by atoms with E-state index in [-0.39, 0.29) is 11.7 Å². The Morgan fingerprint density at radius 3 is 2.74 bits per heavy atom. The number of benzene rings is 3. The molecule has 0 aliphatic heterocycles. The second-order valence-electron chi connectivity index (χ2n) is 7.21. The summed E-state index contributed by atoms with van der Waals surface area (Å²) in [6.45, 7) is 0.937. The quantitative estimate of drug-likeness (QED) is 0.332. The van der Waals surface area contributed by atoms with E-state index >= 15 is 0 Å². The third-order valence-corrected chi connectivity index (χ3v) is 6.26. The van der Waals surface area contributed by atoms with Crippen LogP contribution in [0.5, 0.6) is 0 Å². The molecule has 0 aliphatic carbocycles. The summed E-state index contributed by atoms with van der Waals surface area (Å²) >= 11 is 7.68. The lowest BCUT2D eigenvalue weighted by atomic mass is 9.99. The molecule has 1 amide bonds. The summed E-state index contributed by atoms with van der Waals surface area (Å²) in [5.74, 6) is -0.454. The second kappa shape index (κ2) is 9.60. The van der Waals surface area contributed by atoms with Gasteiger partial charge in [0.25, 0.3) is 5.91 Å². The van der Waals surface area contributed by atoms with Crippen molar-refractivity contribution in [3.05, 3.63) is 93.6 Å². The molecule has 3 nitrogen and oxygen atoms in total. The van der Waals surface area contributed by atoms with Crippen LogP contribution in [-0.2, 0) is 11.2 Å². The molecule has 1 aromatic heterocycles. The molecule has 0 atom stereocenters. The molecule has 4 rings (SSSR count). The van der Waals surface area contributed by atoms with Crippen molar-refractivity contribution in [2.75, 3.05) is 20.3 Å². The number of hydrogen-bond acceptors (Lipinski definition) is 3. The molecule has 0 unspecified atom stereocenters. The predicted octanol–water partition coefficient (Wildman–Crippen LogP) is 6.33. The van der Waals surface area contributed by atoms with Crippen molar-refractivity contribution in [3.8, 4) is 11.1 Å². The summed E-state index contributed by atoms with van der Waals surface area (Å²) in [6, 6.07) is 20.5. The zero-order valence-electron chi connectivity index (χ0n) is 17.0. The normalized spacial score (nSPS) is 11.1. The zero-order valence-corrected chi connectivity index (χ0v) is 18.5. The van der Waals surface area contributed by atoms with Gasteiger partial charge in [0.2, 0.25) is 0 Å². The van der Waals surface area contributed by atoms with Crippen molar-refractivity contribution in [2.45, 2.75) is 6.42 Å². The smallest absolute Gasteiger partial charge is 0.251 e. The Hall–Kier alpha value is -2.73. The number of rotatable bonds is 7. The van der Waals surface area contributed by atoms with Crippen molar-refractivity contribution in [1.29, 1.82) is 0 Å². The number of nitrogens with one attached hydrogen (secondary N) is 1. The van der Waals surface area contributed by atoms with Crippen molar-refractivity contribution < 1.29 is 13.9 Å². The third-order valence-electron chi connectivity index (χ3n) is 4.94. The molecule has 1 N–H and O–H groups in total. The number of methoxy groups -OCH3 is 1. The lowest BCUT2D eigenvalue weighted by Gasteiger charge is -2.08. The Balaban J connectivity index is 1.64.